The van der Waals surface area contributed by atoms with Gasteiger partial charge in [-0.25, -0.2) is 8.51 Å². The number of aromatic nitrogens is 1. The van der Waals surface area contributed by atoms with Crippen LogP contribution in [-0.2, 0) is 28.8 Å². The monoisotopic (exact) mass is 596 g/mol. The number of nitro groups is 1. The number of benzene rings is 1. The summed E-state index contributed by atoms with van der Waals surface area (Å²) in [6.07, 6.45) is -1.01. The Balaban J connectivity index is 2.01. The van der Waals surface area contributed by atoms with E-state index in [1.54, 1.807) is 22.8 Å². The molecule has 4 rings (SSSR count). The topological polar surface area (TPSA) is 79.6 Å². The van der Waals surface area contributed by atoms with E-state index in [2.05, 4.69) is 36.8 Å². The lowest BCUT2D eigenvalue weighted by Gasteiger charge is -2.31. The van der Waals surface area contributed by atoms with Crippen LogP contribution in [0.5, 0.6) is 0 Å². The maximum Gasteiger partial charge on any atom is 0.418 e. The normalized spacial score (nSPS) is 20.9. The van der Waals surface area contributed by atoms with Gasteiger partial charge in [-0.2, -0.15) is 13.2 Å². The molecule has 2 aromatic rings. The Morgan fingerprint density at radius 2 is 2.00 bits per heavy atom. The highest BCUT2D eigenvalue weighted by atomic mass is 79.9. The number of nitro benzene ring substituents is 1. The van der Waals surface area contributed by atoms with Crippen LogP contribution >= 0.6 is 31.9 Å². The lowest BCUT2D eigenvalue weighted by Crippen LogP contribution is -2.42. The summed E-state index contributed by atoms with van der Waals surface area (Å²) in [5.74, 6) is 0. The minimum Gasteiger partial charge on any atom is -0.334 e. The van der Waals surface area contributed by atoms with Crippen molar-refractivity contribution < 1.29 is 22.3 Å². The Morgan fingerprint density at radius 3 is 2.62 bits per heavy atom. The van der Waals surface area contributed by atoms with E-state index in [4.69, 9.17) is 0 Å². The van der Waals surface area contributed by atoms with E-state index in [0.717, 1.165) is 17.2 Å². The van der Waals surface area contributed by atoms with Crippen LogP contribution in [0.1, 0.15) is 16.7 Å². The van der Waals surface area contributed by atoms with Gasteiger partial charge >= 0.3 is 6.18 Å². The van der Waals surface area contributed by atoms with Crippen LogP contribution in [0, 0.1) is 10.1 Å². The Bertz CT molecular complexity index is 1210. The third-order valence-electron chi connectivity index (χ3n) is 5.53. The molecule has 0 amide bonds. The van der Waals surface area contributed by atoms with Crippen LogP contribution in [-0.4, -0.2) is 47.2 Å². The molecule has 32 heavy (non-hydrogen) atoms. The maximum atomic E-state index is 14.7. The van der Waals surface area contributed by atoms with Crippen molar-refractivity contribution in [2.45, 2.75) is 24.0 Å². The smallest absolute Gasteiger partial charge is 0.334 e. The summed E-state index contributed by atoms with van der Waals surface area (Å²) in [6, 6.07) is 3.35. The van der Waals surface area contributed by atoms with Gasteiger partial charge in [-0.05, 0) is 23.6 Å². The summed E-state index contributed by atoms with van der Waals surface area (Å²) in [6.45, 7) is 0.679. The van der Waals surface area contributed by atoms with Crippen molar-refractivity contribution in [1.82, 2.24) is 9.29 Å². The van der Waals surface area contributed by atoms with Crippen molar-refractivity contribution in [1.29, 1.82) is 0 Å². The van der Waals surface area contributed by atoms with Crippen LogP contribution in [0.2, 0.25) is 0 Å². The van der Waals surface area contributed by atoms with Gasteiger partial charge in [-0.15, -0.1) is 0 Å². The summed E-state index contributed by atoms with van der Waals surface area (Å²) >= 11 is 6.58. The Labute approximate surface area is 199 Å². The SMILES string of the molecule is O=[N+]([O-])c1cc(C(F)(F)F)c2c(c1)S(=O)(N1CCc3cnccc3C1)=C(CBr)N2CCBr. The molecule has 1 aromatic heterocycles. The van der Waals surface area contributed by atoms with Crippen LogP contribution in [0.15, 0.2) is 35.5 Å². The number of non-ortho nitro benzene ring substituents is 1. The van der Waals surface area contributed by atoms with Crippen molar-refractivity contribution in [3.8, 4) is 0 Å². The average molecular weight is 598 g/mol. The Morgan fingerprint density at radius 1 is 1.25 bits per heavy atom. The Kier molecular flexibility index (Phi) is 6.29. The van der Waals surface area contributed by atoms with Crippen LogP contribution < -0.4 is 4.90 Å². The fraction of sp³-hybridized carbons (Fsp3) is 0.368. The number of hydrogen-bond donors (Lipinski definition) is 0. The zero-order chi connectivity index (χ0) is 23.3. The molecule has 0 N–H and O–H groups in total. The third kappa shape index (κ3) is 3.72. The van der Waals surface area contributed by atoms with E-state index in [1.165, 1.54) is 4.90 Å². The molecule has 0 bridgehead atoms. The largest absolute Gasteiger partial charge is 0.418 e. The van der Waals surface area contributed by atoms with E-state index in [-0.39, 0.29) is 34.0 Å². The fourth-order valence-electron chi connectivity index (χ4n) is 4.13. The summed E-state index contributed by atoms with van der Waals surface area (Å²) < 4.78 is 58.4. The predicted molar refractivity (Wildman–Crippen MR) is 123 cm³/mol. The second kappa shape index (κ2) is 8.58. The number of rotatable bonds is 5. The number of hydrogen-bond acceptors (Lipinski definition) is 5. The fourth-order valence-corrected chi connectivity index (χ4v) is 8.61. The molecule has 13 heteroatoms. The molecule has 7 nitrogen and oxygen atoms in total. The number of alkyl halides is 5. The molecule has 0 aliphatic carbocycles. The first-order chi connectivity index (χ1) is 15.1. The number of nitrogens with zero attached hydrogens (tertiary/aromatic N) is 4. The molecule has 0 fully saturated rings. The van der Waals surface area contributed by atoms with Gasteiger partial charge in [0.2, 0.25) is 0 Å². The minimum absolute atomic E-state index is 0.0539. The molecule has 1 aromatic carbocycles. The van der Waals surface area contributed by atoms with Gasteiger partial charge in [0.15, 0.2) is 0 Å². The van der Waals surface area contributed by atoms with Gasteiger partial charge in [-0.1, -0.05) is 31.9 Å². The lowest BCUT2D eigenvalue weighted by atomic mass is 10.0. The molecule has 0 spiro atoms. The average Bonchev–Trinajstić information content (AvgIpc) is 3.00. The van der Waals surface area contributed by atoms with Crippen LogP contribution in [0.3, 0.4) is 0 Å². The number of fused-ring (bicyclic) bond motifs is 2. The molecule has 1 atom stereocenters. The van der Waals surface area contributed by atoms with E-state index in [9.17, 15) is 27.5 Å². The quantitative estimate of drug-likeness (QED) is 0.221. The van der Waals surface area contributed by atoms with Crippen molar-refractivity contribution in [3.63, 3.8) is 0 Å². The summed E-state index contributed by atoms with van der Waals surface area (Å²) in [5.41, 5.74) is -0.307. The van der Waals surface area contributed by atoms with Gasteiger partial charge in [0, 0.05) is 49.5 Å². The van der Waals surface area contributed by atoms with Gasteiger partial charge in [0.1, 0.15) is 4.99 Å². The highest BCUT2D eigenvalue weighted by Crippen LogP contribution is 2.48. The van der Waals surface area contributed by atoms with E-state index >= 15 is 0 Å². The van der Waals surface area contributed by atoms with Gasteiger partial charge in [0.25, 0.3) is 5.69 Å². The predicted octanol–water partition coefficient (Wildman–Crippen LogP) is 4.36. The summed E-state index contributed by atoms with van der Waals surface area (Å²) in [4.78, 5) is 16.2. The Hall–Kier alpha value is -1.70. The van der Waals surface area contributed by atoms with Crippen molar-refractivity contribution >= 4 is 57.9 Å². The standard InChI is InChI=1S/C19H17Br2F3N4O3S/c20-3-6-27-17(9-21)32(31,26-5-2-12-10-25-4-1-13(12)11-26)16-8-14(28(29)30)7-15(18(16)27)19(22,23)24/h1,4,7-8,10H,2-3,5-6,9,11H2. The second-order valence-electron chi connectivity index (χ2n) is 7.25. The highest BCUT2D eigenvalue weighted by Gasteiger charge is 2.46. The van der Waals surface area contributed by atoms with Gasteiger partial charge in [0.05, 0.1) is 36.1 Å². The van der Waals surface area contributed by atoms with Crippen molar-refractivity contribution in [3.05, 3.63) is 57.4 Å². The molecule has 1 unspecified atom stereocenters. The van der Waals surface area contributed by atoms with Crippen LogP contribution in [0.4, 0.5) is 24.5 Å². The first-order valence-electron chi connectivity index (χ1n) is 9.49. The molecular formula is C19H17Br2F3N4O3S. The van der Waals surface area contributed by atoms with E-state index < -0.39 is 32.1 Å². The minimum atomic E-state index is -4.86. The first kappa shape index (κ1) is 23.5. The van der Waals surface area contributed by atoms with Gasteiger partial charge in [-0.3, -0.25) is 15.1 Å². The molecule has 3 heterocycles. The van der Waals surface area contributed by atoms with E-state index in [1.807, 2.05) is 0 Å². The second-order valence-corrected chi connectivity index (χ2v) is 11.1. The van der Waals surface area contributed by atoms with Crippen molar-refractivity contribution in [2.75, 3.05) is 28.6 Å². The molecule has 2 aliphatic heterocycles. The molecular weight excluding hydrogens is 581 g/mol. The molecule has 0 saturated heterocycles. The van der Waals surface area contributed by atoms with E-state index in [0.29, 0.717) is 24.4 Å². The number of pyridine rings is 1. The van der Waals surface area contributed by atoms with Gasteiger partial charge < -0.3 is 4.90 Å². The molecule has 172 valence electrons. The zero-order valence-electron chi connectivity index (χ0n) is 16.4. The zero-order valence-corrected chi connectivity index (χ0v) is 20.4. The van der Waals surface area contributed by atoms with Crippen molar-refractivity contribution in [2.24, 2.45) is 0 Å². The first-order valence-corrected chi connectivity index (χ1v) is 13.2. The third-order valence-corrected chi connectivity index (χ3v) is 9.74. The molecule has 0 radical (unpaired) electrons. The number of anilines is 1. The maximum absolute atomic E-state index is 14.7. The summed E-state index contributed by atoms with van der Waals surface area (Å²) in [7, 11) is -3.38. The number of halogens is 5. The molecule has 0 saturated carbocycles. The molecule has 2 aliphatic rings. The lowest BCUT2D eigenvalue weighted by molar-refractivity contribution is -0.385. The highest BCUT2D eigenvalue weighted by molar-refractivity contribution is 9.09. The summed E-state index contributed by atoms with van der Waals surface area (Å²) in [5, 5.41) is 11.9. The van der Waals surface area contributed by atoms with Crippen LogP contribution in [0.25, 0.3) is 0 Å².